The van der Waals surface area contributed by atoms with Crippen LogP contribution in [0.2, 0.25) is 0 Å². The molecule has 0 saturated heterocycles. The van der Waals surface area contributed by atoms with Crippen LogP contribution in [0.4, 0.5) is 0 Å². The van der Waals surface area contributed by atoms with Gasteiger partial charge >= 0.3 is 0 Å². The first-order valence-corrected chi connectivity index (χ1v) is 10.1. The van der Waals surface area contributed by atoms with Crippen molar-refractivity contribution in [1.82, 2.24) is 25.4 Å². The van der Waals surface area contributed by atoms with Crippen LogP contribution in [0.3, 0.4) is 0 Å². The first-order chi connectivity index (χ1) is 14.2. The molecule has 2 aromatic heterocycles. The fourth-order valence-electron chi connectivity index (χ4n) is 2.98. The van der Waals surface area contributed by atoms with E-state index in [9.17, 15) is 5.11 Å². The summed E-state index contributed by atoms with van der Waals surface area (Å²) in [7, 11) is 1.72. The number of aromatic nitrogens is 3. The predicted octanol–water partition coefficient (Wildman–Crippen LogP) is 2.88. The van der Waals surface area contributed by atoms with Gasteiger partial charge in [0.25, 0.3) is 0 Å². The third kappa shape index (κ3) is 4.61. The van der Waals surface area contributed by atoms with Gasteiger partial charge in [-0.1, -0.05) is 30.3 Å². The van der Waals surface area contributed by atoms with E-state index in [0.29, 0.717) is 19.0 Å². The maximum Gasteiger partial charge on any atom is 0.191 e. The van der Waals surface area contributed by atoms with Gasteiger partial charge in [-0.25, -0.2) is 9.67 Å². The third-order valence-corrected chi connectivity index (χ3v) is 5.76. The lowest BCUT2D eigenvalue weighted by Gasteiger charge is -2.15. The number of fused-ring (bicyclic) bond motifs is 1. The van der Waals surface area contributed by atoms with E-state index in [0.717, 1.165) is 21.5 Å². The summed E-state index contributed by atoms with van der Waals surface area (Å²) in [4.78, 5) is 9.13. The summed E-state index contributed by atoms with van der Waals surface area (Å²) in [6, 6.07) is 18.2. The Kier molecular flexibility index (Phi) is 5.83. The van der Waals surface area contributed by atoms with Crippen LogP contribution >= 0.6 is 11.3 Å². The summed E-state index contributed by atoms with van der Waals surface area (Å²) >= 11 is 1.61. The van der Waals surface area contributed by atoms with Crippen molar-refractivity contribution in [2.45, 2.75) is 12.6 Å². The molecule has 8 heteroatoms. The number of nitrogens with zero attached hydrogens (tertiary/aromatic N) is 4. The minimum atomic E-state index is -0.590. The summed E-state index contributed by atoms with van der Waals surface area (Å²) in [5.74, 6) is 0.644. The molecule has 0 saturated carbocycles. The first kappa shape index (κ1) is 19.1. The quantitative estimate of drug-likeness (QED) is 0.339. The van der Waals surface area contributed by atoms with E-state index in [1.807, 2.05) is 42.5 Å². The highest BCUT2D eigenvalue weighted by molar-refractivity contribution is 7.19. The first-order valence-electron chi connectivity index (χ1n) is 9.28. The Morgan fingerprint density at radius 1 is 1.17 bits per heavy atom. The highest BCUT2D eigenvalue weighted by atomic mass is 32.1. The number of rotatable bonds is 6. The van der Waals surface area contributed by atoms with Crippen LogP contribution in [0.1, 0.15) is 16.5 Å². The van der Waals surface area contributed by atoms with E-state index in [2.05, 4.69) is 37.8 Å². The summed E-state index contributed by atoms with van der Waals surface area (Å²) in [5, 5.41) is 22.3. The molecule has 0 bridgehead atoms. The monoisotopic (exact) mass is 406 g/mol. The van der Waals surface area contributed by atoms with Crippen molar-refractivity contribution in [2.24, 2.45) is 4.99 Å². The van der Waals surface area contributed by atoms with Crippen molar-refractivity contribution in [2.75, 3.05) is 13.6 Å². The van der Waals surface area contributed by atoms with Crippen molar-refractivity contribution < 1.29 is 5.11 Å². The van der Waals surface area contributed by atoms with Crippen LogP contribution in [-0.4, -0.2) is 39.4 Å². The minimum absolute atomic E-state index is 0.387. The van der Waals surface area contributed by atoms with Crippen molar-refractivity contribution >= 4 is 27.4 Å². The van der Waals surface area contributed by atoms with Crippen LogP contribution in [-0.2, 0) is 6.54 Å². The van der Waals surface area contributed by atoms with Crippen LogP contribution in [0.25, 0.3) is 15.8 Å². The zero-order valence-corrected chi connectivity index (χ0v) is 16.8. The summed E-state index contributed by atoms with van der Waals surface area (Å²) in [6.45, 7) is 1.01. The van der Waals surface area contributed by atoms with Crippen molar-refractivity contribution in [3.8, 4) is 5.69 Å². The summed E-state index contributed by atoms with van der Waals surface area (Å²) in [6.07, 6.45) is 2.59. The molecule has 4 rings (SSSR count). The average Bonchev–Trinajstić information content (AvgIpc) is 3.44. The molecule has 1 unspecified atom stereocenters. The molecular weight excluding hydrogens is 384 g/mol. The van der Waals surface area contributed by atoms with E-state index < -0.39 is 6.10 Å². The molecule has 0 spiro atoms. The molecule has 0 radical (unpaired) electrons. The highest BCUT2D eigenvalue weighted by Crippen LogP contribution is 2.29. The normalized spacial score (nSPS) is 12.8. The van der Waals surface area contributed by atoms with Gasteiger partial charge in [0.05, 0.1) is 5.69 Å². The van der Waals surface area contributed by atoms with Gasteiger partial charge in [-0.2, -0.15) is 5.10 Å². The molecule has 3 N–H and O–H groups in total. The Morgan fingerprint density at radius 3 is 2.72 bits per heavy atom. The van der Waals surface area contributed by atoms with Crippen molar-refractivity contribution in [3.05, 3.63) is 77.7 Å². The second-order valence-corrected chi connectivity index (χ2v) is 7.63. The van der Waals surface area contributed by atoms with E-state index in [1.165, 1.54) is 11.0 Å². The molecule has 0 aliphatic carbocycles. The maximum atomic E-state index is 10.5. The van der Waals surface area contributed by atoms with Gasteiger partial charge in [0.1, 0.15) is 18.8 Å². The number of nitrogens with one attached hydrogen (secondary N) is 2. The van der Waals surface area contributed by atoms with Crippen LogP contribution in [0, 0.1) is 0 Å². The van der Waals surface area contributed by atoms with Crippen molar-refractivity contribution in [1.29, 1.82) is 0 Å². The maximum absolute atomic E-state index is 10.5. The number of aliphatic hydroxyl groups is 1. The van der Waals surface area contributed by atoms with Gasteiger partial charge in [-0.15, -0.1) is 11.3 Å². The van der Waals surface area contributed by atoms with Gasteiger partial charge in [0, 0.05) is 29.7 Å². The zero-order chi connectivity index (χ0) is 20.1. The number of aliphatic imine (C=N–C) groups is 1. The molecule has 148 valence electrons. The molecule has 7 nitrogen and oxygen atoms in total. The summed E-state index contributed by atoms with van der Waals surface area (Å²) in [5.41, 5.74) is 2.07. The van der Waals surface area contributed by atoms with Gasteiger partial charge < -0.3 is 15.7 Å². The van der Waals surface area contributed by atoms with E-state index >= 15 is 0 Å². The molecule has 29 heavy (non-hydrogen) atoms. The predicted molar refractivity (Wildman–Crippen MR) is 116 cm³/mol. The molecule has 2 aromatic carbocycles. The molecule has 0 amide bonds. The smallest absolute Gasteiger partial charge is 0.191 e. The number of hydrogen-bond donors (Lipinski definition) is 3. The number of hydrogen-bond acceptors (Lipinski definition) is 5. The lowest BCUT2D eigenvalue weighted by molar-refractivity contribution is 0.184. The fraction of sp³-hybridized carbons (Fsp3) is 0.190. The number of benzene rings is 2. The molecule has 2 heterocycles. The number of thiophene rings is 1. The SMILES string of the molecule is CN=C(NCc1ccc(-n2cncn2)cc1)NCC(O)c1cc2ccccc2s1. The topological polar surface area (TPSA) is 87.4 Å². The summed E-state index contributed by atoms with van der Waals surface area (Å²) < 4.78 is 2.89. The van der Waals surface area contributed by atoms with Crippen LogP contribution < -0.4 is 10.6 Å². The molecule has 0 aliphatic heterocycles. The average molecular weight is 407 g/mol. The minimum Gasteiger partial charge on any atom is -0.386 e. The molecular formula is C21H22N6OS. The Labute approximate surface area is 172 Å². The fourth-order valence-corrected chi connectivity index (χ4v) is 4.03. The lowest BCUT2D eigenvalue weighted by Crippen LogP contribution is -2.38. The van der Waals surface area contributed by atoms with E-state index in [-0.39, 0.29) is 0 Å². The van der Waals surface area contributed by atoms with Crippen molar-refractivity contribution in [3.63, 3.8) is 0 Å². The lowest BCUT2D eigenvalue weighted by atomic mass is 10.2. The Hall–Kier alpha value is -3.23. The highest BCUT2D eigenvalue weighted by Gasteiger charge is 2.12. The van der Waals surface area contributed by atoms with E-state index in [4.69, 9.17) is 0 Å². The van der Waals surface area contributed by atoms with E-state index in [1.54, 1.807) is 29.4 Å². The van der Waals surface area contributed by atoms with Gasteiger partial charge in [-0.05, 0) is 35.2 Å². The van der Waals surface area contributed by atoms with Gasteiger partial charge in [0.15, 0.2) is 5.96 Å². The largest absolute Gasteiger partial charge is 0.386 e. The van der Waals surface area contributed by atoms with Crippen LogP contribution in [0.5, 0.6) is 0 Å². The van der Waals surface area contributed by atoms with Crippen LogP contribution in [0.15, 0.2) is 72.2 Å². The van der Waals surface area contributed by atoms with Gasteiger partial charge in [-0.3, -0.25) is 4.99 Å². The molecule has 1 atom stereocenters. The van der Waals surface area contributed by atoms with Gasteiger partial charge in [0.2, 0.25) is 0 Å². The number of guanidine groups is 1. The number of aliphatic hydroxyl groups excluding tert-OH is 1. The molecule has 0 fully saturated rings. The zero-order valence-electron chi connectivity index (χ0n) is 16.0. The second-order valence-electron chi connectivity index (χ2n) is 6.52. The Balaban J connectivity index is 1.30. The second kappa shape index (κ2) is 8.85. The Bertz CT molecular complexity index is 1060. The molecule has 4 aromatic rings. The molecule has 0 aliphatic rings. The standard InChI is InChI=1S/C21H22N6OS/c1-22-21(24-11-15-6-8-17(9-7-15)27-14-23-13-26-27)25-12-18(28)20-10-16-4-2-3-5-19(16)29-20/h2-10,13-14,18,28H,11-12H2,1H3,(H2,22,24,25). The third-order valence-electron chi connectivity index (χ3n) is 4.54. The Morgan fingerprint density at radius 2 is 2.00 bits per heavy atom.